The Morgan fingerprint density at radius 2 is 1.92 bits per heavy atom. The summed E-state index contributed by atoms with van der Waals surface area (Å²) in [7, 11) is 0. The highest BCUT2D eigenvalue weighted by molar-refractivity contribution is 6.00. The van der Waals surface area contributed by atoms with Crippen molar-refractivity contribution in [3.8, 4) is 5.75 Å². The second-order valence-electron chi connectivity index (χ2n) is 8.84. The van der Waals surface area contributed by atoms with Crippen molar-refractivity contribution in [2.45, 2.75) is 24.8 Å². The number of halogens is 1. The third kappa shape index (κ3) is 7.27. The summed E-state index contributed by atoms with van der Waals surface area (Å²) in [4.78, 5) is 18.2. The third-order valence-corrected chi connectivity index (χ3v) is 6.01. The minimum atomic E-state index is -1.11. The fourth-order valence-electron chi connectivity index (χ4n) is 3.99. The van der Waals surface area contributed by atoms with E-state index >= 15 is 0 Å². The molecule has 0 aromatic heterocycles. The summed E-state index contributed by atoms with van der Waals surface area (Å²) < 4.78 is 25.0. The number of aliphatic hydroxyl groups excluding tert-OH is 1. The zero-order valence-corrected chi connectivity index (χ0v) is 20.6. The van der Waals surface area contributed by atoms with Crippen LogP contribution in [-0.2, 0) is 16.0 Å². The number of rotatable bonds is 12. The SMILES string of the molecule is O=C(NCCc1cccc(F)c1)[C@@]1(C/C=C/c2ccccc2)COC(c2ccc(OCCCO)cc2)=N1. The highest BCUT2D eigenvalue weighted by Gasteiger charge is 2.43. The van der Waals surface area contributed by atoms with E-state index in [2.05, 4.69) is 5.32 Å². The maximum atomic E-state index is 13.5. The number of hydrogen-bond donors (Lipinski definition) is 2. The molecular formula is C30H31FN2O4. The second kappa shape index (κ2) is 12.8. The van der Waals surface area contributed by atoms with Gasteiger partial charge in [-0.2, -0.15) is 0 Å². The molecule has 192 valence electrons. The van der Waals surface area contributed by atoms with Crippen molar-refractivity contribution in [2.75, 3.05) is 26.4 Å². The lowest BCUT2D eigenvalue weighted by Crippen LogP contribution is -2.47. The van der Waals surface area contributed by atoms with Crippen LogP contribution in [0.3, 0.4) is 0 Å². The Hall–Kier alpha value is -3.97. The first-order valence-corrected chi connectivity index (χ1v) is 12.4. The van der Waals surface area contributed by atoms with Gasteiger partial charge < -0.3 is 19.9 Å². The van der Waals surface area contributed by atoms with Crippen LogP contribution < -0.4 is 10.1 Å². The van der Waals surface area contributed by atoms with Gasteiger partial charge in [0.2, 0.25) is 5.90 Å². The van der Waals surface area contributed by atoms with Crippen LogP contribution in [0.25, 0.3) is 6.08 Å². The van der Waals surface area contributed by atoms with Crippen molar-refractivity contribution in [3.05, 3.63) is 107 Å². The molecule has 1 atom stereocenters. The minimum absolute atomic E-state index is 0.0772. The molecule has 1 aliphatic rings. The van der Waals surface area contributed by atoms with Gasteiger partial charge in [0.15, 0.2) is 5.54 Å². The fraction of sp³-hybridized carbons (Fsp3) is 0.267. The van der Waals surface area contributed by atoms with Gasteiger partial charge >= 0.3 is 0 Å². The predicted octanol–water partition coefficient (Wildman–Crippen LogP) is 4.56. The molecule has 0 saturated heterocycles. The zero-order valence-electron chi connectivity index (χ0n) is 20.6. The van der Waals surface area contributed by atoms with Crippen molar-refractivity contribution in [3.63, 3.8) is 0 Å². The lowest BCUT2D eigenvalue weighted by atomic mass is 9.95. The summed E-state index contributed by atoms with van der Waals surface area (Å²) >= 11 is 0. The van der Waals surface area contributed by atoms with Gasteiger partial charge in [-0.1, -0.05) is 54.6 Å². The number of nitrogens with zero attached hydrogens (tertiary/aromatic N) is 1. The topological polar surface area (TPSA) is 80.2 Å². The first-order chi connectivity index (χ1) is 18.1. The zero-order chi connectivity index (χ0) is 25.9. The van der Waals surface area contributed by atoms with Crippen LogP contribution in [0, 0.1) is 5.82 Å². The summed E-state index contributed by atoms with van der Waals surface area (Å²) in [6.45, 7) is 0.979. The number of aliphatic hydroxyl groups is 1. The third-order valence-electron chi connectivity index (χ3n) is 6.01. The largest absolute Gasteiger partial charge is 0.494 e. The first kappa shape index (κ1) is 26.1. The molecule has 0 saturated carbocycles. The van der Waals surface area contributed by atoms with Crippen LogP contribution in [0.5, 0.6) is 5.75 Å². The highest BCUT2D eigenvalue weighted by Crippen LogP contribution is 2.28. The Morgan fingerprint density at radius 1 is 1.11 bits per heavy atom. The molecule has 0 spiro atoms. The number of nitrogens with one attached hydrogen (secondary N) is 1. The van der Waals surface area contributed by atoms with Crippen molar-refractivity contribution in [1.82, 2.24) is 5.32 Å². The fourth-order valence-corrected chi connectivity index (χ4v) is 3.99. The Bertz CT molecular complexity index is 1230. The molecule has 0 radical (unpaired) electrons. The molecule has 0 bridgehead atoms. The molecule has 3 aromatic rings. The predicted molar refractivity (Wildman–Crippen MR) is 142 cm³/mol. The Morgan fingerprint density at radius 3 is 2.68 bits per heavy atom. The summed E-state index contributed by atoms with van der Waals surface area (Å²) in [6, 6.07) is 23.5. The van der Waals surface area contributed by atoms with E-state index in [1.807, 2.05) is 72.8 Å². The van der Waals surface area contributed by atoms with Gasteiger partial charge in [-0.3, -0.25) is 4.79 Å². The van der Waals surface area contributed by atoms with E-state index in [9.17, 15) is 9.18 Å². The van der Waals surface area contributed by atoms with Crippen LogP contribution >= 0.6 is 0 Å². The van der Waals surface area contributed by atoms with E-state index in [4.69, 9.17) is 19.6 Å². The molecule has 0 aliphatic carbocycles. The number of carbonyl (C=O) groups excluding carboxylic acids is 1. The molecule has 1 amide bonds. The van der Waals surface area contributed by atoms with E-state index in [0.29, 0.717) is 44.1 Å². The van der Waals surface area contributed by atoms with E-state index in [1.54, 1.807) is 6.07 Å². The quantitative estimate of drug-likeness (QED) is 0.356. The molecular weight excluding hydrogens is 471 g/mol. The Balaban J connectivity index is 1.48. The lowest BCUT2D eigenvalue weighted by Gasteiger charge is -2.21. The average Bonchev–Trinajstić information content (AvgIpc) is 3.35. The number of benzene rings is 3. The van der Waals surface area contributed by atoms with Gasteiger partial charge in [0.25, 0.3) is 5.91 Å². The number of hydrogen-bond acceptors (Lipinski definition) is 5. The van der Waals surface area contributed by atoms with Gasteiger partial charge in [0.1, 0.15) is 18.2 Å². The molecule has 1 heterocycles. The first-order valence-electron chi connectivity index (χ1n) is 12.4. The van der Waals surface area contributed by atoms with Gasteiger partial charge in [-0.25, -0.2) is 9.38 Å². The lowest BCUT2D eigenvalue weighted by molar-refractivity contribution is -0.126. The van der Waals surface area contributed by atoms with Gasteiger partial charge in [0.05, 0.1) is 6.61 Å². The van der Waals surface area contributed by atoms with E-state index < -0.39 is 5.54 Å². The normalized spacial score (nSPS) is 16.9. The van der Waals surface area contributed by atoms with Gasteiger partial charge in [-0.05, 0) is 53.9 Å². The molecule has 0 fully saturated rings. The average molecular weight is 503 g/mol. The molecule has 6 nitrogen and oxygen atoms in total. The van der Waals surface area contributed by atoms with E-state index in [-0.39, 0.29) is 24.9 Å². The van der Waals surface area contributed by atoms with Crippen LogP contribution in [0.15, 0.2) is 89.9 Å². The van der Waals surface area contributed by atoms with E-state index in [0.717, 1.165) is 16.7 Å². The summed E-state index contributed by atoms with van der Waals surface area (Å²) in [6.07, 6.45) is 5.34. The number of carbonyl (C=O) groups is 1. The van der Waals surface area contributed by atoms with Crippen LogP contribution in [0.1, 0.15) is 29.5 Å². The van der Waals surface area contributed by atoms with Crippen LogP contribution in [0.4, 0.5) is 4.39 Å². The van der Waals surface area contributed by atoms with Crippen LogP contribution in [0.2, 0.25) is 0 Å². The summed E-state index contributed by atoms with van der Waals surface area (Å²) in [5, 5.41) is 11.9. The molecule has 2 N–H and O–H groups in total. The smallest absolute Gasteiger partial charge is 0.251 e. The number of amides is 1. The minimum Gasteiger partial charge on any atom is -0.494 e. The maximum absolute atomic E-state index is 13.5. The van der Waals surface area contributed by atoms with Gasteiger partial charge in [-0.15, -0.1) is 0 Å². The van der Waals surface area contributed by atoms with Crippen molar-refractivity contribution < 1.29 is 23.8 Å². The number of aliphatic imine (C=N–C) groups is 1. The Kier molecular flexibility index (Phi) is 9.05. The second-order valence-corrected chi connectivity index (χ2v) is 8.84. The highest BCUT2D eigenvalue weighted by atomic mass is 19.1. The molecule has 0 unspecified atom stereocenters. The molecule has 7 heteroatoms. The van der Waals surface area contributed by atoms with Crippen molar-refractivity contribution in [2.24, 2.45) is 4.99 Å². The van der Waals surface area contributed by atoms with Crippen molar-refractivity contribution >= 4 is 17.9 Å². The maximum Gasteiger partial charge on any atom is 0.251 e. The number of ether oxygens (including phenoxy) is 2. The monoisotopic (exact) mass is 502 g/mol. The van der Waals surface area contributed by atoms with E-state index in [1.165, 1.54) is 12.1 Å². The molecule has 4 rings (SSSR count). The summed E-state index contributed by atoms with van der Waals surface area (Å²) in [5.41, 5.74) is 1.48. The van der Waals surface area contributed by atoms with Crippen LogP contribution in [-0.4, -0.2) is 48.8 Å². The Labute approximate surface area is 216 Å². The molecule has 3 aromatic carbocycles. The summed E-state index contributed by atoms with van der Waals surface area (Å²) in [5.74, 6) is 0.549. The van der Waals surface area contributed by atoms with Crippen molar-refractivity contribution in [1.29, 1.82) is 0 Å². The standard InChI is InChI=1S/C30H31FN2O4/c31-26-11-4-9-24(21-26)16-18-32-29(35)30(17-5-10-23-7-2-1-3-8-23)22-37-28(33-30)25-12-14-27(15-13-25)36-20-6-19-34/h1-5,7-15,21,34H,6,16-20,22H2,(H,32,35)/b10-5+/t30-/m1/s1. The van der Waals surface area contributed by atoms with Gasteiger partial charge in [0, 0.05) is 31.6 Å². The molecule has 1 aliphatic heterocycles. The molecule has 37 heavy (non-hydrogen) atoms.